The van der Waals surface area contributed by atoms with Gasteiger partial charge in [0, 0.05) is 24.4 Å². The Morgan fingerprint density at radius 3 is 2.53 bits per heavy atom. The second kappa shape index (κ2) is 4.53. The summed E-state index contributed by atoms with van der Waals surface area (Å²) in [4.78, 5) is 7.42. The quantitative estimate of drug-likeness (QED) is 0.799. The first-order valence-electron chi connectivity index (χ1n) is 4.54. The molecule has 1 heterocycles. The molecule has 17 heavy (non-hydrogen) atoms. The summed E-state index contributed by atoms with van der Waals surface area (Å²) < 4.78 is 30.8. The molecular weight excluding hydrogens is 228 g/mol. The highest BCUT2D eigenvalue weighted by Crippen LogP contribution is 2.20. The molecule has 0 radical (unpaired) electrons. The second-order valence-corrected chi connectivity index (χ2v) is 3.04. The minimum absolute atomic E-state index is 0.0717. The van der Waals surface area contributed by atoms with E-state index >= 15 is 0 Å². The van der Waals surface area contributed by atoms with Crippen molar-refractivity contribution in [3.8, 4) is 17.8 Å². The summed E-state index contributed by atoms with van der Waals surface area (Å²) in [5, 5.41) is 8.60. The van der Waals surface area contributed by atoms with Gasteiger partial charge in [0.25, 0.3) is 0 Å². The fourth-order valence-electron chi connectivity index (χ4n) is 1.15. The zero-order chi connectivity index (χ0) is 12.3. The monoisotopic (exact) mass is 233 g/mol. The fraction of sp³-hybridized carbons (Fsp3) is 0. The van der Waals surface area contributed by atoms with Gasteiger partial charge in [0.1, 0.15) is 29.1 Å². The summed E-state index contributed by atoms with van der Waals surface area (Å²) >= 11 is 0. The Balaban J connectivity index is 2.28. The van der Waals surface area contributed by atoms with Crippen molar-refractivity contribution in [2.45, 2.75) is 0 Å². The minimum Gasteiger partial charge on any atom is -0.424 e. The Kier molecular flexibility index (Phi) is 2.92. The predicted octanol–water partition coefficient (Wildman–Crippen LogP) is 2.42. The van der Waals surface area contributed by atoms with Gasteiger partial charge in [-0.15, -0.1) is 0 Å². The van der Waals surface area contributed by atoms with Gasteiger partial charge in [0.05, 0.1) is 0 Å². The van der Waals surface area contributed by atoms with E-state index in [0.717, 1.165) is 18.2 Å². The first kappa shape index (κ1) is 11.0. The molecule has 84 valence electrons. The van der Waals surface area contributed by atoms with Crippen LogP contribution in [-0.4, -0.2) is 9.97 Å². The van der Waals surface area contributed by atoms with Gasteiger partial charge in [-0.3, -0.25) is 0 Å². The van der Waals surface area contributed by atoms with E-state index in [1.54, 1.807) is 6.07 Å². The van der Waals surface area contributed by atoms with Crippen LogP contribution in [0.1, 0.15) is 5.69 Å². The Bertz CT molecular complexity index is 575. The van der Waals surface area contributed by atoms with Crippen LogP contribution in [-0.2, 0) is 0 Å². The van der Waals surface area contributed by atoms with Crippen molar-refractivity contribution in [1.29, 1.82) is 5.26 Å². The summed E-state index contributed by atoms with van der Waals surface area (Å²) in [7, 11) is 0. The number of ether oxygens (including phenoxy) is 1. The van der Waals surface area contributed by atoms with E-state index in [4.69, 9.17) is 10.00 Å². The molecule has 1 aromatic heterocycles. The van der Waals surface area contributed by atoms with Crippen LogP contribution in [0.4, 0.5) is 8.78 Å². The van der Waals surface area contributed by atoms with Gasteiger partial charge in [-0.2, -0.15) is 10.2 Å². The zero-order valence-electron chi connectivity index (χ0n) is 8.39. The second-order valence-electron chi connectivity index (χ2n) is 3.04. The fourth-order valence-corrected chi connectivity index (χ4v) is 1.15. The Morgan fingerprint density at radius 2 is 1.88 bits per heavy atom. The van der Waals surface area contributed by atoms with Gasteiger partial charge in [-0.1, -0.05) is 0 Å². The van der Waals surface area contributed by atoms with Crippen LogP contribution in [0.2, 0.25) is 0 Å². The van der Waals surface area contributed by atoms with Crippen molar-refractivity contribution in [2.75, 3.05) is 0 Å². The molecule has 0 N–H and O–H groups in total. The van der Waals surface area contributed by atoms with Crippen molar-refractivity contribution in [1.82, 2.24) is 9.97 Å². The van der Waals surface area contributed by atoms with Crippen molar-refractivity contribution in [3.05, 3.63) is 47.8 Å². The summed E-state index contributed by atoms with van der Waals surface area (Å²) in [6, 6.07) is 5.74. The highest BCUT2D eigenvalue weighted by Gasteiger charge is 2.05. The third kappa shape index (κ3) is 2.72. The number of nitrogens with zero attached hydrogens (tertiary/aromatic N) is 3. The van der Waals surface area contributed by atoms with E-state index in [-0.39, 0.29) is 17.5 Å². The zero-order valence-corrected chi connectivity index (χ0v) is 8.39. The van der Waals surface area contributed by atoms with Crippen LogP contribution in [0.15, 0.2) is 30.5 Å². The molecule has 2 rings (SSSR count). The van der Waals surface area contributed by atoms with E-state index in [1.807, 2.05) is 0 Å². The summed E-state index contributed by atoms with van der Waals surface area (Å²) in [5.74, 6) is -1.61. The lowest BCUT2D eigenvalue weighted by atomic mass is 10.3. The maximum absolute atomic E-state index is 12.9. The van der Waals surface area contributed by atoms with E-state index < -0.39 is 11.6 Å². The molecule has 1 aromatic carbocycles. The molecule has 0 aliphatic rings. The number of aromatic nitrogens is 2. The molecule has 6 heteroatoms. The molecular formula is C11H5F2N3O. The van der Waals surface area contributed by atoms with E-state index in [2.05, 4.69) is 9.97 Å². The average molecular weight is 233 g/mol. The lowest BCUT2D eigenvalue weighted by Crippen LogP contribution is -1.94. The molecule has 0 fully saturated rings. The lowest BCUT2D eigenvalue weighted by Gasteiger charge is -2.03. The molecule has 2 aromatic rings. The molecule has 0 aliphatic carbocycles. The first-order chi connectivity index (χ1) is 8.17. The first-order valence-corrected chi connectivity index (χ1v) is 4.54. The van der Waals surface area contributed by atoms with Gasteiger partial charge < -0.3 is 4.74 Å². The minimum atomic E-state index is -0.767. The van der Waals surface area contributed by atoms with Crippen molar-refractivity contribution < 1.29 is 13.5 Å². The van der Waals surface area contributed by atoms with Crippen LogP contribution in [0, 0.1) is 23.0 Å². The van der Waals surface area contributed by atoms with Crippen LogP contribution in [0.3, 0.4) is 0 Å². The number of benzene rings is 1. The lowest BCUT2D eigenvalue weighted by molar-refractivity contribution is 0.432. The molecule has 0 amide bonds. The number of nitriles is 1. The van der Waals surface area contributed by atoms with Crippen molar-refractivity contribution in [2.24, 2.45) is 0 Å². The molecule has 0 saturated heterocycles. The molecule has 0 atom stereocenters. The Hall–Kier alpha value is -2.55. The van der Waals surface area contributed by atoms with Gasteiger partial charge in [0.2, 0.25) is 0 Å². The molecule has 0 unspecified atom stereocenters. The number of rotatable bonds is 2. The standard InChI is InChI=1S/C11H5F2N3O/c12-7-3-8(13)5-10(4-7)17-11-15-2-1-9(6-14)16-11/h1-5H. The van der Waals surface area contributed by atoms with Crippen LogP contribution < -0.4 is 4.74 Å². The smallest absolute Gasteiger partial charge is 0.323 e. The average Bonchev–Trinajstić information content (AvgIpc) is 2.28. The van der Waals surface area contributed by atoms with Crippen molar-refractivity contribution in [3.63, 3.8) is 0 Å². The molecule has 4 nitrogen and oxygen atoms in total. The third-order valence-corrected chi connectivity index (χ3v) is 1.79. The largest absolute Gasteiger partial charge is 0.424 e. The Morgan fingerprint density at radius 1 is 1.18 bits per heavy atom. The van der Waals surface area contributed by atoms with Crippen LogP contribution >= 0.6 is 0 Å². The summed E-state index contributed by atoms with van der Waals surface area (Å²) in [5.41, 5.74) is 0.104. The van der Waals surface area contributed by atoms with Gasteiger partial charge in [-0.25, -0.2) is 13.8 Å². The van der Waals surface area contributed by atoms with Crippen LogP contribution in [0.25, 0.3) is 0 Å². The number of halogens is 2. The summed E-state index contributed by atoms with van der Waals surface area (Å²) in [6.45, 7) is 0. The number of hydrogen-bond donors (Lipinski definition) is 0. The molecule has 0 spiro atoms. The molecule has 0 aliphatic heterocycles. The highest BCUT2D eigenvalue weighted by molar-refractivity contribution is 5.27. The third-order valence-electron chi connectivity index (χ3n) is 1.79. The normalized spacial score (nSPS) is 9.71. The SMILES string of the molecule is N#Cc1ccnc(Oc2cc(F)cc(F)c2)n1. The van der Waals surface area contributed by atoms with Gasteiger partial charge in [0.15, 0.2) is 0 Å². The van der Waals surface area contributed by atoms with E-state index in [1.165, 1.54) is 12.3 Å². The van der Waals surface area contributed by atoms with Gasteiger partial charge in [-0.05, 0) is 6.07 Å². The number of hydrogen-bond acceptors (Lipinski definition) is 4. The maximum Gasteiger partial charge on any atom is 0.323 e. The van der Waals surface area contributed by atoms with E-state index in [9.17, 15) is 8.78 Å². The van der Waals surface area contributed by atoms with E-state index in [0.29, 0.717) is 0 Å². The molecule has 0 saturated carbocycles. The predicted molar refractivity (Wildman–Crippen MR) is 53.2 cm³/mol. The van der Waals surface area contributed by atoms with Gasteiger partial charge >= 0.3 is 6.01 Å². The Labute approximate surface area is 95.1 Å². The van der Waals surface area contributed by atoms with Crippen LogP contribution in [0.5, 0.6) is 11.8 Å². The van der Waals surface area contributed by atoms with Crippen molar-refractivity contribution >= 4 is 0 Å². The highest BCUT2D eigenvalue weighted by atomic mass is 19.1. The molecule has 0 bridgehead atoms. The topological polar surface area (TPSA) is 58.8 Å². The maximum atomic E-state index is 12.9. The summed E-state index contributed by atoms with van der Waals surface area (Å²) in [6.07, 6.45) is 1.32.